The molecule has 5 nitrogen and oxygen atoms in total. The molecule has 0 fully saturated rings. The molecule has 4 aromatic rings. The number of aryl methyl sites for hydroxylation is 2. The maximum absolute atomic E-state index is 12.2. The van der Waals surface area contributed by atoms with Gasteiger partial charge >= 0.3 is 0 Å². The number of amides is 1. The standard InChI is InChI=1S/C21H20N4OS/c1-14-7-3-5-9-17(14)22-20(26)11-12-27-21-24-23-19-13-15(2)16-8-4-6-10-18(16)25(19)21/h3-10,13H,11-12H2,1-2H3,(H,22,26). The van der Waals surface area contributed by atoms with Gasteiger partial charge in [0.25, 0.3) is 0 Å². The second-order valence-electron chi connectivity index (χ2n) is 6.48. The SMILES string of the molecule is Cc1ccccc1NC(=O)CCSc1nnc2cc(C)c3ccccc3n12. The maximum atomic E-state index is 12.2. The molecule has 2 aromatic heterocycles. The van der Waals surface area contributed by atoms with Crippen LogP contribution in [0.4, 0.5) is 5.69 Å². The Morgan fingerprint density at radius 2 is 1.81 bits per heavy atom. The minimum atomic E-state index is 0.00585. The van der Waals surface area contributed by atoms with Gasteiger partial charge in [0.15, 0.2) is 10.8 Å². The monoisotopic (exact) mass is 376 g/mol. The zero-order valence-corrected chi connectivity index (χ0v) is 16.1. The number of rotatable bonds is 5. The Morgan fingerprint density at radius 1 is 1.04 bits per heavy atom. The fourth-order valence-corrected chi connectivity index (χ4v) is 4.02. The van der Waals surface area contributed by atoms with Crippen molar-refractivity contribution in [3.05, 3.63) is 65.7 Å². The van der Waals surface area contributed by atoms with E-state index in [1.165, 1.54) is 10.9 Å². The summed E-state index contributed by atoms with van der Waals surface area (Å²) in [7, 11) is 0. The second kappa shape index (κ2) is 7.40. The lowest BCUT2D eigenvalue weighted by Crippen LogP contribution is -2.13. The number of thioether (sulfide) groups is 1. The molecule has 4 rings (SSSR count). The molecule has 0 unspecified atom stereocenters. The molecule has 0 saturated carbocycles. The zero-order chi connectivity index (χ0) is 18.8. The third kappa shape index (κ3) is 3.53. The van der Waals surface area contributed by atoms with Crippen molar-refractivity contribution in [2.24, 2.45) is 0 Å². The molecular weight excluding hydrogens is 356 g/mol. The molecule has 0 saturated heterocycles. The zero-order valence-electron chi connectivity index (χ0n) is 15.3. The molecule has 0 aliphatic carbocycles. The Balaban J connectivity index is 1.49. The van der Waals surface area contributed by atoms with Crippen LogP contribution in [0, 0.1) is 13.8 Å². The largest absolute Gasteiger partial charge is 0.326 e. The van der Waals surface area contributed by atoms with Gasteiger partial charge in [-0.2, -0.15) is 0 Å². The highest BCUT2D eigenvalue weighted by Gasteiger charge is 2.12. The number of fused-ring (bicyclic) bond motifs is 3. The number of aromatic nitrogens is 3. The Hall–Kier alpha value is -2.86. The lowest BCUT2D eigenvalue weighted by atomic mass is 10.1. The van der Waals surface area contributed by atoms with Crippen LogP contribution in [0.2, 0.25) is 0 Å². The van der Waals surface area contributed by atoms with Gasteiger partial charge in [-0.25, -0.2) is 0 Å². The van der Waals surface area contributed by atoms with Gasteiger partial charge in [0.1, 0.15) is 0 Å². The number of hydrogen-bond donors (Lipinski definition) is 1. The van der Waals surface area contributed by atoms with Gasteiger partial charge in [0.05, 0.1) is 5.52 Å². The van der Waals surface area contributed by atoms with Gasteiger partial charge in [-0.3, -0.25) is 9.20 Å². The molecule has 0 bridgehead atoms. The summed E-state index contributed by atoms with van der Waals surface area (Å²) in [5.41, 5.74) is 5.02. The van der Waals surface area contributed by atoms with E-state index in [-0.39, 0.29) is 5.91 Å². The number of pyridine rings is 1. The molecule has 0 aliphatic rings. The van der Waals surface area contributed by atoms with E-state index in [0.29, 0.717) is 12.2 Å². The summed E-state index contributed by atoms with van der Waals surface area (Å²) in [6.07, 6.45) is 0.414. The lowest BCUT2D eigenvalue weighted by Gasteiger charge is -2.08. The first-order valence-electron chi connectivity index (χ1n) is 8.85. The van der Waals surface area contributed by atoms with Crippen molar-refractivity contribution in [1.29, 1.82) is 0 Å². The number of carbonyl (C=O) groups excluding carboxylic acids is 1. The molecule has 1 amide bonds. The predicted octanol–water partition coefficient (Wildman–Crippen LogP) is 4.62. The van der Waals surface area contributed by atoms with E-state index >= 15 is 0 Å². The van der Waals surface area contributed by atoms with E-state index in [4.69, 9.17) is 0 Å². The Bertz CT molecular complexity index is 1140. The Kier molecular flexibility index (Phi) is 4.81. The summed E-state index contributed by atoms with van der Waals surface area (Å²) in [6.45, 7) is 4.07. The van der Waals surface area contributed by atoms with Gasteiger partial charge in [-0.1, -0.05) is 48.2 Å². The van der Waals surface area contributed by atoms with Crippen molar-refractivity contribution in [3.63, 3.8) is 0 Å². The van der Waals surface area contributed by atoms with Crippen molar-refractivity contribution < 1.29 is 4.79 Å². The lowest BCUT2D eigenvalue weighted by molar-refractivity contribution is -0.115. The number of anilines is 1. The topological polar surface area (TPSA) is 59.3 Å². The van der Waals surface area contributed by atoms with Crippen LogP contribution >= 0.6 is 11.8 Å². The number of carbonyl (C=O) groups is 1. The molecule has 0 radical (unpaired) electrons. The van der Waals surface area contributed by atoms with Crippen molar-refractivity contribution in [2.75, 3.05) is 11.1 Å². The van der Waals surface area contributed by atoms with E-state index in [1.54, 1.807) is 11.8 Å². The highest BCUT2D eigenvalue weighted by atomic mass is 32.2. The first kappa shape index (κ1) is 17.5. The van der Waals surface area contributed by atoms with Crippen molar-refractivity contribution in [3.8, 4) is 0 Å². The number of nitrogens with zero attached hydrogens (tertiary/aromatic N) is 3. The summed E-state index contributed by atoms with van der Waals surface area (Å²) in [5.74, 6) is 0.645. The number of benzene rings is 2. The Labute approximate surface area is 161 Å². The van der Waals surface area contributed by atoms with E-state index < -0.39 is 0 Å². The van der Waals surface area contributed by atoms with Crippen LogP contribution in [0.15, 0.2) is 59.8 Å². The average Bonchev–Trinajstić information content (AvgIpc) is 3.07. The average molecular weight is 376 g/mol. The summed E-state index contributed by atoms with van der Waals surface area (Å²) >= 11 is 1.55. The van der Waals surface area contributed by atoms with Crippen molar-refractivity contribution in [2.45, 2.75) is 25.4 Å². The normalized spacial score (nSPS) is 11.2. The molecular formula is C21H20N4OS. The van der Waals surface area contributed by atoms with Crippen LogP contribution in [0.25, 0.3) is 16.6 Å². The molecule has 0 atom stereocenters. The van der Waals surface area contributed by atoms with Gasteiger partial charge in [0, 0.05) is 23.2 Å². The third-order valence-electron chi connectivity index (χ3n) is 4.55. The van der Waals surface area contributed by atoms with Crippen LogP contribution in [0.1, 0.15) is 17.5 Å². The Morgan fingerprint density at radius 3 is 2.67 bits per heavy atom. The van der Waals surface area contributed by atoms with Gasteiger partial charge < -0.3 is 5.32 Å². The third-order valence-corrected chi connectivity index (χ3v) is 5.48. The first-order valence-corrected chi connectivity index (χ1v) is 9.84. The van der Waals surface area contributed by atoms with Crippen LogP contribution in [0.3, 0.4) is 0 Å². The minimum Gasteiger partial charge on any atom is -0.326 e. The molecule has 27 heavy (non-hydrogen) atoms. The molecule has 2 aromatic carbocycles. The molecule has 0 aliphatic heterocycles. The van der Waals surface area contributed by atoms with E-state index in [2.05, 4.69) is 39.0 Å². The van der Waals surface area contributed by atoms with Gasteiger partial charge in [-0.05, 0) is 43.2 Å². The molecule has 6 heteroatoms. The van der Waals surface area contributed by atoms with Crippen molar-refractivity contribution >= 4 is 39.9 Å². The minimum absolute atomic E-state index is 0.00585. The van der Waals surface area contributed by atoms with Crippen LogP contribution < -0.4 is 5.32 Å². The number of hydrogen-bond acceptors (Lipinski definition) is 4. The summed E-state index contributed by atoms with van der Waals surface area (Å²) < 4.78 is 2.06. The highest BCUT2D eigenvalue weighted by Crippen LogP contribution is 2.26. The summed E-state index contributed by atoms with van der Waals surface area (Å²) in [4.78, 5) is 12.2. The van der Waals surface area contributed by atoms with Crippen LogP contribution in [-0.4, -0.2) is 26.3 Å². The predicted molar refractivity (Wildman–Crippen MR) is 110 cm³/mol. The second-order valence-corrected chi connectivity index (χ2v) is 7.54. The molecule has 1 N–H and O–H groups in total. The van der Waals surface area contributed by atoms with Crippen LogP contribution in [-0.2, 0) is 4.79 Å². The number of nitrogens with one attached hydrogen (secondary N) is 1. The van der Waals surface area contributed by atoms with Crippen molar-refractivity contribution in [1.82, 2.24) is 14.6 Å². The maximum Gasteiger partial charge on any atom is 0.225 e. The highest BCUT2D eigenvalue weighted by molar-refractivity contribution is 7.99. The van der Waals surface area contributed by atoms with Gasteiger partial charge in [0.2, 0.25) is 5.91 Å². The fraction of sp³-hybridized carbons (Fsp3) is 0.190. The molecule has 2 heterocycles. The molecule has 136 valence electrons. The summed E-state index contributed by atoms with van der Waals surface area (Å²) in [5, 5.41) is 13.6. The number of para-hydroxylation sites is 2. The first-order chi connectivity index (χ1) is 13.1. The van der Waals surface area contributed by atoms with Gasteiger partial charge in [-0.15, -0.1) is 10.2 Å². The van der Waals surface area contributed by atoms with E-state index in [0.717, 1.165) is 27.6 Å². The molecule has 0 spiro atoms. The fourth-order valence-electron chi connectivity index (χ4n) is 3.13. The summed E-state index contributed by atoms with van der Waals surface area (Å²) in [6, 6.07) is 18.1. The smallest absolute Gasteiger partial charge is 0.225 e. The van der Waals surface area contributed by atoms with E-state index in [9.17, 15) is 4.79 Å². The quantitative estimate of drug-likeness (QED) is 0.516. The van der Waals surface area contributed by atoms with E-state index in [1.807, 2.05) is 49.4 Å². The van der Waals surface area contributed by atoms with Crippen LogP contribution in [0.5, 0.6) is 0 Å².